The fraction of sp³-hybridized carbons (Fsp3) is 0.200. The summed E-state index contributed by atoms with van der Waals surface area (Å²) in [4.78, 5) is 0. The second-order valence-corrected chi connectivity index (χ2v) is 5.47. The van der Waals surface area contributed by atoms with E-state index in [1.807, 2.05) is 36.4 Å². The zero-order valence-electron chi connectivity index (χ0n) is 10.4. The third-order valence-corrected chi connectivity index (χ3v) is 4.17. The molecule has 0 heterocycles. The van der Waals surface area contributed by atoms with Gasteiger partial charge in [-0.2, -0.15) is 0 Å². The maximum atomic E-state index is 10.3. The summed E-state index contributed by atoms with van der Waals surface area (Å²) >= 11 is 9.37. The summed E-state index contributed by atoms with van der Waals surface area (Å²) in [5.41, 5.74) is 1.76. The maximum Gasteiger partial charge on any atom is 0.122 e. The number of hydrogen-bond donors (Lipinski definition) is 1. The number of halogens is 2. The third-order valence-electron chi connectivity index (χ3n) is 2.93. The summed E-state index contributed by atoms with van der Waals surface area (Å²) in [5, 5.41) is 10.9. The molecule has 0 saturated carbocycles. The SMILES string of the molecule is COc1ccccc1CC(O)c1ccc(Br)c(Cl)c1. The van der Waals surface area contributed by atoms with Crippen LogP contribution in [0.4, 0.5) is 0 Å². The highest BCUT2D eigenvalue weighted by atomic mass is 79.9. The van der Waals surface area contributed by atoms with E-state index in [9.17, 15) is 5.11 Å². The molecule has 0 amide bonds. The highest BCUT2D eigenvalue weighted by molar-refractivity contribution is 9.10. The molecule has 0 saturated heterocycles. The zero-order chi connectivity index (χ0) is 13.8. The fourth-order valence-electron chi connectivity index (χ4n) is 1.92. The van der Waals surface area contributed by atoms with Crippen LogP contribution in [0.2, 0.25) is 5.02 Å². The second-order valence-electron chi connectivity index (χ2n) is 4.21. The van der Waals surface area contributed by atoms with Crippen molar-refractivity contribution in [3.63, 3.8) is 0 Å². The minimum Gasteiger partial charge on any atom is -0.496 e. The lowest BCUT2D eigenvalue weighted by Crippen LogP contribution is -2.03. The Hall–Kier alpha value is -1.03. The predicted octanol–water partition coefficient (Wildman–Crippen LogP) is 4.39. The van der Waals surface area contributed by atoms with Crippen molar-refractivity contribution >= 4 is 27.5 Å². The van der Waals surface area contributed by atoms with Gasteiger partial charge in [0.15, 0.2) is 0 Å². The van der Waals surface area contributed by atoms with Crippen LogP contribution >= 0.6 is 27.5 Å². The predicted molar refractivity (Wildman–Crippen MR) is 80.8 cm³/mol. The Morgan fingerprint density at radius 2 is 2.00 bits per heavy atom. The molecule has 0 aromatic heterocycles. The molecule has 1 N–H and O–H groups in total. The van der Waals surface area contributed by atoms with Gasteiger partial charge in [-0.25, -0.2) is 0 Å². The molecule has 0 spiro atoms. The summed E-state index contributed by atoms with van der Waals surface area (Å²) in [6, 6.07) is 13.1. The number of para-hydroxylation sites is 1. The first-order valence-corrected chi connectivity index (χ1v) is 7.04. The zero-order valence-corrected chi connectivity index (χ0v) is 12.8. The molecular weight excluding hydrogens is 328 g/mol. The first-order valence-electron chi connectivity index (χ1n) is 5.86. The van der Waals surface area contributed by atoms with Crippen molar-refractivity contribution in [3.8, 4) is 5.75 Å². The van der Waals surface area contributed by atoms with E-state index in [2.05, 4.69) is 15.9 Å². The van der Waals surface area contributed by atoms with Gasteiger partial charge in [0.2, 0.25) is 0 Å². The van der Waals surface area contributed by atoms with Gasteiger partial charge >= 0.3 is 0 Å². The minimum absolute atomic E-state index is 0.488. The monoisotopic (exact) mass is 340 g/mol. The van der Waals surface area contributed by atoms with E-state index in [0.29, 0.717) is 11.4 Å². The average molecular weight is 342 g/mol. The van der Waals surface area contributed by atoms with Crippen LogP contribution in [0.3, 0.4) is 0 Å². The van der Waals surface area contributed by atoms with Crippen LogP contribution in [0, 0.1) is 0 Å². The average Bonchev–Trinajstić information content (AvgIpc) is 2.42. The molecule has 1 atom stereocenters. The van der Waals surface area contributed by atoms with Crippen molar-refractivity contribution in [3.05, 3.63) is 63.1 Å². The molecule has 19 heavy (non-hydrogen) atoms. The van der Waals surface area contributed by atoms with E-state index < -0.39 is 6.10 Å². The van der Waals surface area contributed by atoms with E-state index in [-0.39, 0.29) is 0 Å². The molecule has 0 aliphatic carbocycles. The first kappa shape index (κ1) is 14.4. The Morgan fingerprint density at radius 1 is 1.26 bits per heavy atom. The molecule has 2 rings (SSSR count). The number of ether oxygens (including phenoxy) is 1. The van der Waals surface area contributed by atoms with Gasteiger partial charge in [0.05, 0.1) is 18.2 Å². The summed E-state index contributed by atoms with van der Waals surface area (Å²) < 4.78 is 6.10. The fourth-order valence-corrected chi connectivity index (χ4v) is 2.35. The third kappa shape index (κ3) is 3.50. The summed E-state index contributed by atoms with van der Waals surface area (Å²) in [6.45, 7) is 0. The number of aliphatic hydroxyl groups excluding tert-OH is 1. The topological polar surface area (TPSA) is 29.5 Å². The number of aliphatic hydroxyl groups is 1. The van der Waals surface area contributed by atoms with E-state index in [1.165, 1.54) is 0 Å². The van der Waals surface area contributed by atoms with Gasteiger partial charge in [-0.1, -0.05) is 35.9 Å². The van der Waals surface area contributed by atoms with Crippen molar-refractivity contribution in [1.82, 2.24) is 0 Å². The van der Waals surface area contributed by atoms with E-state index in [1.54, 1.807) is 13.2 Å². The lowest BCUT2D eigenvalue weighted by Gasteiger charge is -2.14. The Balaban J connectivity index is 2.20. The Bertz CT molecular complexity index is 572. The molecular formula is C15H14BrClO2. The van der Waals surface area contributed by atoms with Gasteiger partial charge < -0.3 is 9.84 Å². The quantitative estimate of drug-likeness (QED) is 0.894. The molecule has 0 radical (unpaired) electrons. The van der Waals surface area contributed by atoms with Crippen molar-refractivity contribution in [2.45, 2.75) is 12.5 Å². The van der Waals surface area contributed by atoms with Crippen molar-refractivity contribution in [1.29, 1.82) is 0 Å². The van der Waals surface area contributed by atoms with Crippen molar-refractivity contribution in [2.24, 2.45) is 0 Å². The second kappa shape index (κ2) is 6.42. The molecule has 1 unspecified atom stereocenters. The van der Waals surface area contributed by atoms with Crippen molar-refractivity contribution < 1.29 is 9.84 Å². The van der Waals surface area contributed by atoms with E-state index in [0.717, 1.165) is 21.3 Å². The lowest BCUT2D eigenvalue weighted by atomic mass is 10.0. The number of rotatable bonds is 4. The minimum atomic E-state index is -0.609. The smallest absolute Gasteiger partial charge is 0.122 e. The van der Waals surface area contributed by atoms with Crippen molar-refractivity contribution in [2.75, 3.05) is 7.11 Å². The summed E-state index contributed by atoms with van der Waals surface area (Å²) in [7, 11) is 1.63. The van der Waals surface area contributed by atoms with Gasteiger partial charge in [-0.15, -0.1) is 0 Å². The van der Waals surface area contributed by atoms with Crippen LogP contribution in [0.1, 0.15) is 17.2 Å². The molecule has 4 heteroatoms. The Kier molecular flexibility index (Phi) is 4.86. The Morgan fingerprint density at radius 3 is 2.68 bits per heavy atom. The van der Waals surface area contributed by atoms with Crippen LogP contribution in [-0.4, -0.2) is 12.2 Å². The van der Waals surface area contributed by atoms with Crippen LogP contribution < -0.4 is 4.74 Å². The van der Waals surface area contributed by atoms with E-state index >= 15 is 0 Å². The highest BCUT2D eigenvalue weighted by Crippen LogP contribution is 2.29. The summed E-state index contributed by atoms with van der Waals surface area (Å²) in [5.74, 6) is 0.782. The van der Waals surface area contributed by atoms with E-state index in [4.69, 9.17) is 16.3 Å². The molecule has 100 valence electrons. The molecule has 2 nitrogen and oxygen atoms in total. The van der Waals surface area contributed by atoms with Crippen LogP contribution in [0.25, 0.3) is 0 Å². The molecule has 2 aromatic carbocycles. The largest absolute Gasteiger partial charge is 0.496 e. The number of hydrogen-bond acceptors (Lipinski definition) is 2. The number of benzene rings is 2. The van der Waals surface area contributed by atoms with Crippen LogP contribution in [-0.2, 0) is 6.42 Å². The van der Waals surface area contributed by atoms with Gasteiger partial charge in [0.1, 0.15) is 5.75 Å². The van der Waals surface area contributed by atoms with Gasteiger partial charge in [-0.05, 0) is 45.3 Å². The van der Waals surface area contributed by atoms with Crippen LogP contribution in [0.5, 0.6) is 5.75 Å². The molecule has 0 aliphatic rings. The molecule has 0 bridgehead atoms. The molecule has 0 fully saturated rings. The van der Waals surface area contributed by atoms with Gasteiger partial charge in [0, 0.05) is 10.9 Å². The van der Waals surface area contributed by atoms with Crippen LogP contribution in [0.15, 0.2) is 46.9 Å². The number of methoxy groups -OCH3 is 1. The molecule has 0 aliphatic heterocycles. The highest BCUT2D eigenvalue weighted by Gasteiger charge is 2.12. The standard InChI is InChI=1S/C15H14BrClO2/c1-19-15-5-3-2-4-11(15)9-14(18)10-6-7-12(16)13(17)8-10/h2-8,14,18H,9H2,1H3. The summed E-state index contributed by atoms with van der Waals surface area (Å²) in [6.07, 6.45) is -0.121. The maximum absolute atomic E-state index is 10.3. The first-order chi connectivity index (χ1) is 9.11. The Labute approximate surface area is 126 Å². The van der Waals surface area contributed by atoms with Gasteiger partial charge in [0.25, 0.3) is 0 Å². The molecule has 2 aromatic rings. The lowest BCUT2D eigenvalue weighted by molar-refractivity contribution is 0.177. The van der Waals surface area contributed by atoms with Gasteiger partial charge in [-0.3, -0.25) is 0 Å². The normalized spacial score (nSPS) is 12.2.